The number of amides is 1. The van der Waals surface area contributed by atoms with Crippen LogP contribution in [0.1, 0.15) is 36.8 Å². The Morgan fingerprint density at radius 1 is 1.45 bits per heavy atom. The Labute approximate surface area is 117 Å². The van der Waals surface area contributed by atoms with Gasteiger partial charge in [-0.05, 0) is 33.1 Å². The van der Waals surface area contributed by atoms with Crippen molar-refractivity contribution in [1.29, 1.82) is 0 Å². The molecule has 0 radical (unpaired) electrons. The van der Waals surface area contributed by atoms with Crippen LogP contribution in [0.25, 0.3) is 0 Å². The summed E-state index contributed by atoms with van der Waals surface area (Å²) in [4.78, 5) is 24.8. The quantitative estimate of drug-likeness (QED) is 0.854. The lowest BCUT2D eigenvalue weighted by Crippen LogP contribution is -2.41. The summed E-state index contributed by atoms with van der Waals surface area (Å²) < 4.78 is 5.09. The second-order valence-corrected chi connectivity index (χ2v) is 5.50. The lowest BCUT2D eigenvalue weighted by molar-refractivity contribution is -0.146. The molecule has 6 nitrogen and oxygen atoms in total. The number of carboxylic acids is 1. The number of hydrogen-bond acceptors (Lipinski definition) is 4. The Kier molecular flexibility index (Phi) is 4.11. The summed E-state index contributed by atoms with van der Waals surface area (Å²) in [5.74, 6) is -0.616. The zero-order valence-electron chi connectivity index (χ0n) is 12.0. The number of rotatable bonds is 6. The molecule has 1 amide bonds. The topological polar surface area (TPSA) is 83.6 Å². The fourth-order valence-electron chi connectivity index (χ4n) is 2.39. The monoisotopic (exact) mass is 280 g/mol. The predicted octanol–water partition coefficient (Wildman–Crippen LogP) is 1.55. The van der Waals surface area contributed by atoms with Gasteiger partial charge in [0, 0.05) is 17.5 Å². The number of carboxylic acid groups (broad SMARTS) is 1. The summed E-state index contributed by atoms with van der Waals surface area (Å²) in [5, 5.41) is 12.8. The zero-order chi connectivity index (χ0) is 14.9. The van der Waals surface area contributed by atoms with E-state index in [2.05, 4.69) is 5.16 Å². The molecule has 6 heteroatoms. The van der Waals surface area contributed by atoms with Crippen molar-refractivity contribution < 1.29 is 19.2 Å². The summed E-state index contributed by atoms with van der Waals surface area (Å²) in [7, 11) is 0. The first-order valence-electron chi connectivity index (χ1n) is 6.84. The third kappa shape index (κ3) is 3.18. The van der Waals surface area contributed by atoms with Crippen LogP contribution < -0.4 is 0 Å². The Morgan fingerprint density at radius 2 is 2.10 bits per heavy atom. The fraction of sp³-hybridized carbons (Fsp3) is 0.643. The Bertz CT molecular complexity index is 500. The summed E-state index contributed by atoms with van der Waals surface area (Å²) >= 11 is 0. The highest BCUT2D eigenvalue weighted by Crippen LogP contribution is 2.29. The average Bonchev–Trinajstić information content (AvgIpc) is 3.17. The van der Waals surface area contributed by atoms with Gasteiger partial charge in [0.05, 0.1) is 5.69 Å². The van der Waals surface area contributed by atoms with Crippen LogP contribution in [-0.2, 0) is 16.0 Å². The molecule has 0 bridgehead atoms. The molecule has 0 saturated heterocycles. The van der Waals surface area contributed by atoms with Crippen molar-refractivity contribution in [2.24, 2.45) is 5.92 Å². The molecule has 1 aromatic heterocycles. The van der Waals surface area contributed by atoms with E-state index in [0.717, 1.165) is 29.9 Å². The summed E-state index contributed by atoms with van der Waals surface area (Å²) in [6, 6.07) is 0.103. The molecule has 1 aliphatic rings. The van der Waals surface area contributed by atoms with Gasteiger partial charge >= 0.3 is 5.97 Å². The number of aromatic nitrogens is 1. The van der Waals surface area contributed by atoms with E-state index < -0.39 is 5.97 Å². The third-order valence-corrected chi connectivity index (χ3v) is 3.69. The minimum absolute atomic E-state index is 0.102. The number of carbonyl (C=O) groups excluding carboxylic acids is 1. The van der Waals surface area contributed by atoms with Gasteiger partial charge in [-0.25, -0.2) is 0 Å². The highest BCUT2D eigenvalue weighted by atomic mass is 16.5. The highest BCUT2D eigenvalue weighted by molar-refractivity contribution is 5.83. The largest absolute Gasteiger partial charge is 0.480 e. The maximum atomic E-state index is 12.4. The Hall–Kier alpha value is -1.85. The SMILES string of the molecule is Cc1noc(C)c1C[C@@H](C)C(=O)N(CC(=O)O)C1CC1. The molecule has 1 saturated carbocycles. The van der Waals surface area contributed by atoms with E-state index in [0.29, 0.717) is 6.42 Å². The first-order valence-corrected chi connectivity index (χ1v) is 6.84. The van der Waals surface area contributed by atoms with Crippen molar-refractivity contribution in [2.75, 3.05) is 6.54 Å². The van der Waals surface area contributed by atoms with E-state index in [9.17, 15) is 9.59 Å². The molecule has 1 atom stereocenters. The average molecular weight is 280 g/mol. The molecule has 20 heavy (non-hydrogen) atoms. The van der Waals surface area contributed by atoms with Gasteiger partial charge in [0.15, 0.2) is 0 Å². The van der Waals surface area contributed by atoms with Gasteiger partial charge in [-0.2, -0.15) is 0 Å². The predicted molar refractivity (Wildman–Crippen MR) is 71.2 cm³/mol. The lowest BCUT2D eigenvalue weighted by atomic mass is 9.98. The van der Waals surface area contributed by atoms with E-state index in [1.165, 1.54) is 4.90 Å². The second-order valence-electron chi connectivity index (χ2n) is 5.50. The molecule has 110 valence electrons. The van der Waals surface area contributed by atoms with Crippen LogP contribution in [0.2, 0.25) is 0 Å². The van der Waals surface area contributed by atoms with Crippen LogP contribution in [0.4, 0.5) is 0 Å². The van der Waals surface area contributed by atoms with E-state index in [1.54, 1.807) is 0 Å². The molecule has 1 fully saturated rings. The normalized spacial score (nSPS) is 15.9. The van der Waals surface area contributed by atoms with Gasteiger partial charge in [-0.3, -0.25) is 9.59 Å². The zero-order valence-corrected chi connectivity index (χ0v) is 12.0. The smallest absolute Gasteiger partial charge is 0.323 e. The maximum absolute atomic E-state index is 12.4. The van der Waals surface area contributed by atoms with Crippen LogP contribution in [0.3, 0.4) is 0 Å². The van der Waals surface area contributed by atoms with Crippen LogP contribution in [0.15, 0.2) is 4.52 Å². The van der Waals surface area contributed by atoms with Crippen LogP contribution in [-0.4, -0.2) is 39.6 Å². The number of hydrogen-bond donors (Lipinski definition) is 1. The second kappa shape index (κ2) is 5.64. The van der Waals surface area contributed by atoms with Crippen molar-refractivity contribution in [2.45, 2.75) is 46.1 Å². The van der Waals surface area contributed by atoms with Crippen LogP contribution in [0, 0.1) is 19.8 Å². The summed E-state index contributed by atoms with van der Waals surface area (Å²) in [5.41, 5.74) is 1.73. The van der Waals surface area contributed by atoms with Gasteiger partial charge in [0.2, 0.25) is 5.91 Å². The Balaban J connectivity index is 2.05. The third-order valence-electron chi connectivity index (χ3n) is 3.69. The van der Waals surface area contributed by atoms with Gasteiger partial charge in [0.25, 0.3) is 0 Å². The van der Waals surface area contributed by atoms with Gasteiger partial charge in [0.1, 0.15) is 12.3 Å². The molecular weight excluding hydrogens is 260 g/mol. The molecular formula is C14H20N2O4. The molecule has 0 aliphatic heterocycles. The van der Waals surface area contributed by atoms with E-state index in [4.69, 9.17) is 9.63 Å². The van der Waals surface area contributed by atoms with Crippen molar-refractivity contribution in [3.63, 3.8) is 0 Å². The van der Waals surface area contributed by atoms with Crippen molar-refractivity contribution in [1.82, 2.24) is 10.1 Å². The Morgan fingerprint density at radius 3 is 2.55 bits per heavy atom. The number of nitrogens with zero attached hydrogens (tertiary/aromatic N) is 2. The molecule has 2 rings (SSSR count). The molecule has 0 unspecified atom stereocenters. The van der Waals surface area contributed by atoms with Gasteiger partial charge in [-0.15, -0.1) is 0 Å². The molecule has 0 aromatic carbocycles. The standard InChI is InChI=1S/C14H20N2O4/c1-8(6-12-9(2)15-20-10(12)3)14(19)16(7-13(17)18)11-4-5-11/h8,11H,4-7H2,1-3H3,(H,17,18)/t8-/m1/s1. The maximum Gasteiger partial charge on any atom is 0.323 e. The first kappa shape index (κ1) is 14.6. The fourth-order valence-corrected chi connectivity index (χ4v) is 2.39. The summed E-state index contributed by atoms with van der Waals surface area (Å²) in [6.07, 6.45) is 2.33. The van der Waals surface area contributed by atoms with Gasteiger partial charge in [-0.1, -0.05) is 12.1 Å². The minimum atomic E-state index is -0.963. The first-order chi connectivity index (χ1) is 9.40. The molecule has 1 N–H and O–H groups in total. The number of aryl methyl sites for hydroxylation is 2. The molecule has 1 heterocycles. The number of carbonyl (C=O) groups is 2. The van der Waals surface area contributed by atoms with Crippen molar-refractivity contribution >= 4 is 11.9 Å². The van der Waals surface area contributed by atoms with E-state index in [1.807, 2.05) is 20.8 Å². The molecule has 0 spiro atoms. The molecule has 1 aromatic rings. The van der Waals surface area contributed by atoms with Crippen molar-refractivity contribution in [3.8, 4) is 0 Å². The summed E-state index contributed by atoms with van der Waals surface area (Å²) in [6.45, 7) is 5.28. The minimum Gasteiger partial charge on any atom is -0.480 e. The van der Waals surface area contributed by atoms with Crippen LogP contribution in [0.5, 0.6) is 0 Å². The molecule has 1 aliphatic carbocycles. The highest BCUT2D eigenvalue weighted by Gasteiger charge is 2.36. The van der Waals surface area contributed by atoms with Crippen molar-refractivity contribution in [3.05, 3.63) is 17.0 Å². The van der Waals surface area contributed by atoms with Gasteiger partial charge < -0.3 is 14.5 Å². The van der Waals surface area contributed by atoms with E-state index >= 15 is 0 Å². The van der Waals surface area contributed by atoms with Crippen LogP contribution >= 0.6 is 0 Å². The van der Waals surface area contributed by atoms with E-state index in [-0.39, 0.29) is 24.4 Å². The number of aliphatic carboxylic acids is 1. The lowest BCUT2D eigenvalue weighted by Gasteiger charge is -2.24.